The zero-order valence-corrected chi connectivity index (χ0v) is 12.2. The van der Waals surface area contributed by atoms with E-state index in [1.807, 2.05) is 34.7 Å². The Morgan fingerprint density at radius 3 is 2.74 bits per heavy atom. The molecule has 0 spiro atoms. The van der Waals surface area contributed by atoms with Gasteiger partial charge in [0.05, 0.1) is 0 Å². The zero-order chi connectivity index (χ0) is 14.0. The minimum absolute atomic E-state index is 0.0340. The van der Waals surface area contributed by atoms with Gasteiger partial charge in [-0.05, 0) is 52.2 Å². The fourth-order valence-corrected chi connectivity index (χ4v) is 2.93. The predicted molar refractivity (Wildman–Crippen MR) is 77.1 cm³/mol. The van der Waals surface area contributed by atoms with Gasteiger partial charge in [-0.1, -0.05) is 0 Å². The summed E-state index contributed by atoms with van der Waals surface area (Å²) in [4.78, 5) is 14.7. The van der Waals surface area contributed by atoms with Crippen LogP contribution in [0.25, 0.3) is 0 Å². The van der Waals surface area contributed by atoms with Gasteiger partial charge in [0.1, 0.15) is 5.69 Å². The number of aromatic nitrogens is 1. The highest BCUT2D eigenvalue weighted by Gasteiger charge is 2.31. The van der Waals surface area contributed by atoms with Gasteiger partial charge in [-0.2, -0.15) is 0 Å². The highest BCUT2D eigenvalue weighted by atomic mass is 16.2. The second-order valence-corrected chi connectivity index (χ2v) is 5.82. The summed E-state index contributed by atoms with van der Waals surface area (Å²) in [5.74, 6) is 0.126. The number of carbonyl (C=O) groups excluding carboxylic acids is 1. The molecule has 1 aliphatic heterocycles. The Morgan fingerprint density at radius 1 is 1.37 bits per heavy atom. The molecule has 1 amide bonds. The van der Waals surface area contributed by atoms with Gasteiger partial charge in [-0.25, -0.2) is 0 Å². The molecule has 1 aromatic rings. The number of hydrogen-bond acceptors (Lipinski definition) is 2. The third-order valence-electron chi connectivity index (χ3n) is 3.97. The van der Waals surface area contributed by atoms with Crippen molar-refractivity contribution in [2.24, 2.45) is 5.73 Å². The Balaban J connectivity index is 2.24. The maximum absolute atomic E-state index is 12.8. The largest absolute Gasteiger partial charge is 0.341 e. The summed E-state index contributed by atoms with van der Waals surface area (Å²) in [6.07, 6.45) is 5.24. The average Bonchev–Trinajstić information content (AvgIpc) is 2.87. The van der Waals surface area contributed by atoms with Crippen molar-refractivity contribution in [3.63, 3.8) is 0 Å². The van der Waals surface area contributed by atoms with Gasteiger partial charge in [0.2, 0.25) is 0 Å². The van der Waals surface area contributed by atoms with E-state index in [4.69, 9.17) is 5.73 Å². The van der Waals surface area contributed by atoms with Crippen molar-refractivity contribution in [2.45, 2.75) is 58.2 Å². The first-order valence-corrected chi connectivity index (χ1v) is 7.25. The van der Waals surface area contributed by atoms with Crippen molar-refractivity contribution in [1.29, 1.82) is 0 Å². The minimum Gasteiger partial charge on any atom is -0.341 e. The van der Waals surface area contributed by atoms with Crippen LogP contribution in [-0.4, -0.2) is 34.0 Å². The number of carbonyl (C=O) groups is 1. The fourth-order valence-electron chi connectivity index (χ4n) is 2.93. The summed E-state index contributed by atoms with van der Waals surface area (Å²) in [5.41, 5.74) is 6.83. The van der Waals surface area contributed by atoms with Crippen molar-refractivity contribution in [2.75, 3.05) is 6.54 Å². The quantitative estimate of drug-likeness (QED) is 0.910. The molecular formula is C15H25N3O. The monoisotopic (exact) mass is 263 g/mol. The molecule has 0 bridgehead atoms. The van der Waals surface area contributed by atoms with Gasteiger partial charge in [-0.15, -0.1) is 0 Å². The summed E-state index contributed by atoms with van der Waals surface area (Å²) in [5, 5.41) is 0. The molecule has 0 aromatic carbocycles. The molecule has 4 nitrogen and oxygen atoms in total. The third-order valence-corrected chi connectivity index (χ3v) is 3.97. The van der Waals surface area contributed by atoms with Gasteiger partial charge in [0, 0.05) is 30.9 Å². The molecule has 4 heteroatoms. The Morgan fingerprint density at radius 2 is 2.11 bits per heavy atom. The molecule has 19 heavy (non-hydrogen) atoms. The second kappa shape index (κ2) is 5.78. The molecule has 2 atom stereocenters. The SMILES string of the molecule is CC(N)C1CCCCN1C(=O)c1cccn1C(C)C. The van der Waals surface area contributed by atoms with Crippen LogP contribution >= 0.6 is 0 Å². The molecule has 106 valence electrons. The van der Waals surface area contributed by atoms with Gasteiger partial charge < -0.3 is 15.2 Å². The van der Waals surface area contributed by atoms with E-state index >= 15 is 0 Å². The van der Waals surface area contributed by atoms with Crippen molar-refractivity contribution in [3.05, 3.63) is 24.0 Å². The first-order chi connectivity index (χ1) is 9.02. The van der Waals surface area contributed by atoms with Crippen molar-refractivity contribution < 1.29 is 4.79 Å². The van der Waals surface area contributed by atoms with Crippen LogP contribution in [0.1, 0.15) is 56.6 Å². The van der Waals surface area contributed by atoms with Crippen LogP contribution in [-0.2, 0) is 0 Å². The summed E-state index contributed by atoms with van der Waals surface area (Å²) >= 11 is 0. The molecule has 1 fully saturated rings. The molecule has 1 aromatic heterocycles. The fraction of sp³-hybridized carbons (Fsp3) is 0.667. The average molecular weight is 263 g/mol. The van der Waals surface area contributed by atoms with Crippen LogP contribution in [0, 0.1) is 0 Å². The lowest BCUT2D eigenvalue weighted by Crippen LogP contribution is -2.52. The third kappa shape index (κ3) is 2.84. The highest BCUT2D eigenvalue weighted by molar-refractivity contribution is 5.93. The molecule has 2 heterocycles. The van der Waals surface area contributed by atoms with Crippen LogP contribution < -0.4 is 5.73 Å². The summed E-state index contributed by atoms with van der Waals surface area (Å²) in [6, 6.07) is 4.36. The van der Waals surface area contributed by atoms with E-state index in [0.29, 0.717) is 6.04 Å². The lowest BCUT2D eigenvalue weighted by molar-refractivity contribution is 0.0571. The summed E-state index contributed by atoms with van der Waals surface area (Å²) in [6.45, 7) is 7.01. The van der Waals surface area contributed by atoms with E-state index in [9.17, 15) is 4.79 Å². The van der Waals surface area contributed by atoms with E-state index < -0.39 is 0 Å². The maximum atomic E-state index is 12.8. The number of nitrogens with two attached hydrogens (primary N) is 1. The smallest absolute Gasteiger partial charge is 0.270 e. The highest BCUT2D eigenvalue weighted by Crippen LogP contribution is 2.22. The lowest BCUT2D eigenvalue weighted by Gasteiger charge is -2.38. The van der Waals surface area contributed by atoms with Crippen LogP contribution in [0.15, 0.2) is 18.3 Å². The number of rotatable bonds is 3. The van der Waals surface area contributed by atoms with Crippen LogP contribution in [0.5, 0.6) is 0 Å². The van der Waals surface area contributed by atoms with E-state index in [1.54, 1.807) is 0 Å². The number of amides is 1. The molecular weight excluding hydrogens is 238 g/mol. The Bertz CT molecular complexity index is 436. The molecule has 0 saturated carbocycles. The van der Waals surface area contributed by atoms with Crippen LogP contribution in [0.3, 0.4) is 0 Å². The van der Waals surface area contributed by atoms with Crippen LogP contribution in [0.4, 0.5) is 0 Å². The normalized spacial score (nSPS) is 21.7. The molecule has 0 radical (unpaired) electrons. The number of piperidine rings is 1. The minimum atomic E-state index is 0.0340. The van der Waals surface area contributed by atoms with Gasteiger partial charge in [0.15, 0.2) is 0 Å². The first kappa shape index (κ1) is 14.1. The van der Waals surface area contributed by atoms with E-state index in [1.165, 1.54) is 6.42 Å². The summed E-state index contributed by atoms with van der Waals surface area (Å²) in [7, 11) is 0. The van der Waals surface area contributed by atoms with Crippen molar-refractivity contribution >= 4 is 5.91 Å². The van der Waals surface area contributed by atoms with Crippen LogP contribution in [0.2, 0.25) is 0 Å². The summed E-state index contributed by atoms with van der Waals surface area (Å²) < 4.78 is 2.04. The molecule has 2 unspecified atom stereocenters. The standard InChI is InChI=1S/C15H25N3O/c1-11(2)17-10-6-8-14(17)15(19)18-9-5-4-7-13(18)12(3)16/h6,8,10-13H,4-5,7,9,16H2,1-3H3. The Labute approximate surface area is 115 Å². The van der Waals surface area contributed by atoms with Gasteiger partial charge >= 0.3 is 0 Å². The molecule has 2 rings (SSSR count). The lowest BCUT2D eigenvalue weighted by atomic mass is 9.96. The maximum Gasteiger partial charge on any atom is 0.270 e. The first-order valence-electron chi connectivity index (χ1n) is 7.25. The zero-order valence-electron chi connectivity index (χ0n) is 12.2. The van der Waals surface area contributed by atoms with E-state index in [0.717, 1.165) is 25.1 Å². The molecule has 0 aliphatic carbocycles. The van der Waals surface area contributed by atoms with E-state index in [2.05, 4.69) is 13.8 Å². The molecule has 1 saturated heterocycles. The predicted octanol–water partition coefficient (Wildman–Crippen LogP) is 2.41. The molecule has 2 N–H and O–H groups in total. The van der Waals surface area contributed by atoms with E-state index in [-0.39, 0.29) is 18.0 Å². The topological polar surface area (TPSA) is 51.3 Å². The van der Waals surface area contributed by atoms with Crippen molar-refractivity contribution in [3.8, 4) is 0 Å². The molecule has 1 aliphatic rings. The number of nitrogens with zero attached hydrogens (tertiary/aromatic N) is 2. The van der Waals surface area contributed by atoms with Gasteiger partial charge in [-0.3, -0.25) is 4.79 Å². The number of hydrogen-bond donors (Lipinski definition) is 1. The Hall–Kier alpha value is -1.29. The second-order valence-electron chi connectivity index (χ2n) is 5.82. The Kier molecular flexibility index (Phi) is 4.30. The van der Waals surface area contributed by atoms with Gasteiger partial charge in [0.25, 0.3) is 5.91 Å². The van der Waals surface area contributed by atoms with Crippen molar-refractivity contribution in [1.82, 2.24) is 9.47 Å². The number of likely N-dealkylation sites (tertiary alicyclic amines) is 1.